The van der Waals surface area contributed by atoms with Gasteiger partial charge in [-0.05, 0) is 77.9 Å². The van der Waals surface area contributed by atoms with Crippen LogP contribution in [0.4, 0.5) is 18.9 Å². The molecule has 9 heteroatoms. The van der Waals surface area contributed by atoms with Crippen LogP contribution in [0.15, 0.2) is 53.5 Å². The average Bonchev–Trinajstić information content (AvgIpc) is 3.24. The fourth-order valence-corrected chi connectivity index (χ4v) is 4.64. The van der Waals surface area contributed by atoms with Crippen LogP contribution in [-0.2, 0) is 23.9 Å². The Morgan fingerprint density at radius 3 is 2.72 bits per heavy atom. The molecule has 2 N–H and O–H groups in total. The summed E-state index contributed by atoms with van der Waals surface area (Å²) < 4.78 is 41.2. The molecular weight excluding hydrogens is 534 g/mol. The number of carbonyl (C=O) groups excluding carboxylic acids is 1. The van der Waals surface area contributed by atoms with Crippen LogP contribution in [0.2, 0.25) is 0 Å². The first kappa shape index (κ1) is 22.8. The van der Waals surface area contributed by atoms with E-state index in [1.807, 2.05) is 0 Å². The quantitative estimate of drug-likeness (QED) is 0.454. The lowest BCUT2D eigenvalue weighted by atomic mass is 10.1. The third-order valence-corrected chi connectivity index (χ3v) is 6.51. The number of anilines is 1. The number of nitrogens with one attached hydrogen (secondary N) is 2. The van der Waals surface area contributed by atoms with E-state index in [-0.39, 0.29) is 27.2 Å². The summed E-state index contributed by atoms with van der Waals surface area (Å²) in [5, 5.41) is 7.19. The van der Waals surface area contributed by atoms with Gasteiger partial charge >= 0.3 is 6.18 Å². The molecule has 2 aromatic carbocycles. The number of rotatable bonds is 5. The van der Waals surface area contributed by atoms with Gasteiger partial charge in [-0.25, -0.2) is 0 Å². The van der Waals surface area contributed by atoms with E-state index < -0.39 is 17.6 Å². The van der Waals surface area contributed by atoms with Gasteiger partial charge < -0.3 is 15.2 Å². The number of carbonyl (C=O) groups is 1. The molecule has 32 heavy (non-hydrogen) atoms. The second-order valence-electron chi connectivity index (χ2n) is 7.87. The van der Waals surface area contributed by atoms with E-state index in [1.54, 1.807) is 57.6 Å². The number of hydrogen-bond acceptors (Lipinski definition) is 3. The summed E-state index contributed by atoms with van der Waals surface area (Å²) in [4.78, 5) is 25.5. The Kier molecular flexibility index (Phi) is 6.57. The van der Waals surface area contributed by atoms with Crippen molar-refractivity contribution in [3.63, 3.8) is 0 Å². The summed E-state index contributed by atoms with van der Waals surface area (Å²) in [7, 11) is 0. The van der Waals surface area contributed by atoms with Crippen molar-refractivity contribution >= 4 is 45.0 Å². The lowest BCUT2D eigenvalue weighted by Gasteiger charge is -2.15. The molecule has 3 aromatic rings. The maximum Gasteiger partial charge on any atom is 0.417 e. The molecule has 168 valence electrons. The van der Waals surface area contributed by atoms with Crippen molar-refractivity contribution < 1.29 is 18.0 Å². The van der Waals surface area contributed by atoms with E-state index in [4.69, 9.17) is 0 Å². The molecule has 0 bridgehead atoms. The molecule has 1 saturated heterocycles. The van der Waals surface area contributed by atoms with E-state index in [0.29, 0.717) is 23.0 Å². The molecule has 0 saturated carbocycles. The van der Waals surface area contributed by atoms with Gasteiger partial charge in [-0.15, -0.1) is 0 Å². The van der Waals surface area contributed by atoms with Gasteiger partial charge in [-0.1, -0.05) is 12.1 Å². The minimum absolute atomic E-state index is 0.0809. The molecule has 1 amide bonds. The van der Waals surface area contributed by atoms with Gasteiger partial charge in [0, 0.05) is 38.8 Å². The van der Waals surface area contributed by atoms with Gasteiger partial charge in [0.05, 0.1) is 12.0 Å². The van der Waals surface area contributed by atoms with Crippen LogP contribution in [0.5, 0.6) is 0 Å². The molecule has 1 aliphatic heterocycles. The Morgan fingerprint density at radius 2 is 2.00 bits per heavy atom. The van der Waals surface area contributed by atoms with E-state index in [2.05, 4.69) is 10.6 Å². The number of benzene rings is 2. The molecule has 2 heterocycles. The fraction of sp³-hybridized carbons (Fsp3) is 0.304. The number of alkyl halides is 3. The van der Waals surface area contributed by atoms with E-state index in [0.717, 1.165) is 25.5 Å². The van der Waals surface area contributed by atoms with E-state index in [1.165, 1.54) is 12.1 Å². The minimum Gasteiger partial charge on any atom is -0.325 e. The largest absolute Gasteiger partial charge is 0.417 e. The highest BCUT2D eigenvalue weighted by Gasteiger charge is 2.33. The summed E-state index contributed by atoms with van der Waals surface area (Å²) in [6.45, 7) is 1.54. The lowest BCUT2D eigenvalue weighted by molar-refractivity contribution is -0.138. The summed E-state index contributed by atoms with van der Waals surface area (Å²) in [6, 6.07) is 11.0. The van der Waals surface area contributed by atoms with Gasteiger partial charge in [0.25, 0.3) is 5.56 Å². The molecule has 4 rings (SSSR count). The number of hydrogen-bond donors (Lipinski definition) is 2. The zero-order valence-corrected chi connectivity index (χ0v) is 19.2. The molecule has 1 atom stereocenters. The maximum atomic E-state index is 13.1. The first-order valence-corrected chi connectivity index (χ1v) is 11.3. The summed E-state index contributed by atoms with van der Waals surface area (Å²) >= 11 is 1.63. The van der Waals surface area contributed by atoms with Crippen LogP contribution in [0, 0.1) is 3.57 Å². The summed E-state index contributed by atoms with van der Waals surface area (Å²) in [6.07, 6.45) is -0.855. The molecule has 0 spiro atoms. The molecule has 1 aromatic heterocycles. The predicted molar refractivity (Wildman–Crippen MR) is 126 cm³/mol. The van der Waals surface area contributed by atoms with Crippen LogP contribution in [0.3, 0.4) is 0 Å². The number of aromatic nitrogens is 1. The molecule has 0 radical (unpaired) electrons. The van der Waals surface area contributed by atoms with Gasteiger partial charge in [0.2, 0.25) is 5.91 Å². The molecule has 1 aliphatic rings. The van der Waals surface area contributed by atoms with Gasteiger partial charge in [-0.3, -0.25) is 9.59 Å². The zero-order chi connectivity index (χ0) is 22.9. The van der Waals surface area contributed by atoms with Gasteiger partial charge in [-0.2, -0.15) is 13.2 Å². The number of amides is 1. The zero-order valence-electron chi connectivity index (χ0n) is 17.0. The molecular formula is C23H21F3IN3O2. The standard InChI is InChI=1S/C23H21F3IN3O2/c24-23(25,26)18-11-14(6-7-19(18)27)12-21(31)29-20-5-1-4-17-16(20)8-10-30(22(17)32)13-15-3-2-9-28-15/h1,4-8,10-11,15,28H,2-3,9,12-13H2,(H,29,31)/t15-/m1/s1. The summed E-state index contributed by atoms with van der Waals surface area (Å²) in [5.41, 5.74) is -0.176. The molecule has 0 aliphatic carbocycles. The van der Waals surface area contributed by atoms with Crippen LogP contribution < -0.4 is 16.2 Å². The minimum atomic E-state index is -4.48. The van der Waals surface area contributed by atoms with Gasteiger partial charge in [0.1, 0.15) is 0 Å². The van der Waals surface area contributed by atoms with Crippen molar-refractivity contribution in [2.45, 2.75) is 38.0 Å². The first-order chi connectivity index (χ1) is 15.2. The Morgan fingerprint density at radius 1 is 1.19 bits per heavy atom. The Hall–Kier alpha value is -2.40. The van der Waals surface area contributed by atoms with Crippen molar-refractivity contribution in [1.82, 2.24) is 9.88 Å². The van der Waals surface area contributed by atoms with Crippen molar-refractivity contribution in [3.8, 4) is 0 Å². The van der Waals surface area contributed by atoms with Crippen LogP contribution in [0.1, 0.15) is 24.0 Å². The van der Waals surface area contributed by atoms with E-state index >= 15 is 0 Å². The average molecular weight is 555 g/mol. The third-order valence-electron chi connectivity index (χ3n) is 5.57. The lowest BCUT2D eigenvalue weighted by Crippen LogP contribution is -2.32. The number of halogens is 4. The van der Waals surface area contributed by atoms with Crippen LogP contribution >= 0.6 is 22.6 Å². The highest BCUT2D eigenvalue weighted by molar-refractivity contribution is 14.1. The maximum absolute atomic E-state index is 13.1. The SMILES string of the molecule is O=C(Cc1ccc(I)c(C(F)(F)F)c1)Nc1cccc2c(=O)n(C[C@H]3CCCN3)ccc12. The normalized spacial score (nSPS) is 16.4. The van der Waals surface area contributed by atoms with Crippen molar-refractivity contribution in [3.05, 3.63) is 73.7 Å². The monoisotopic (exact) mass is 555 g/mol. The Bertz CT molecular complexity index is 1220. The first-order valence-electron chi connectivity index (χ1n) is 10.2. The number of pyridine rings is 1. The van der Waals surface area contributed by atoms with Gasteiger partial charge in [0.15, 0.2) is 0 Å². The van der Waals surface area contributed by atoms with Crippen LogP contribution in [-0.4, -0.2) is 23.1 Å². The Balaban J connectivity index is 1.55. The highest BCUT2D eigenvalue weighted by atomic mass is 127. The second-order valence-corrected chi connectivity index (χ2v) is 9.03. The van der Waals surface area contributed by atoms with Crippen molar-refractivity contribution in [1.29, 1.82) is 0 Å². The van der Waals surface area contributed by atoms with E-state index in [9.17, 15) is 22.8 Å². The molecule has 0 unspecified atom stereocenters. The molecule has 5 nitrogen and oxygen atoms in total. The topological polar surface area (TPSA) is 63.1 Å². The number of nitrogens with zero attached hydrogens (tertiary/aromatic N) is 1. The van der Waals surface area contributed by atoms with Crippen molar-refractivity contribution in [2.24, 2.45) is 0 Å². The smallest absolute Gasteiger partial charge is 0.325 e. The van der Waals surface area contributed by atoms with Crippen molar-refractivity contribution in [2.75, 3.05) is 11.9 Å². The Labute approximate surface area is 196 Å². The summed E-state index contributed by atoms with van der Waals surface area (Å²) in [5.74, 6) is -0.453. The fourth-order valence-electron chi connectivity index (χ4n) is 4.00. The third kappa shape index (κ3) is 4.98. The highest BCUT2D eigenvalue weighted by Crippen LogP contribution is 2.33. The van der Waals surface area contributed by atoms with Crippen LogP contribution in [0.25, 0.3) is 10.8 Å². The predicted octanol–water partition coefficient (Wildman–Crippen LogP) is 4.56. The number of fused-ring (bicyclic) bond motifs is 1. The molecule has 1 fully saturated rings. The second kappa shape index (κ2) is 9.22.